The van der Waals surface area contributed by atoms with Crippen LogP contribution >= 0.6 is 11.6 Å². The molecule has 0 amide bonds. The van der Waals surface area contributed by atoms with Crippen LogP contribution in [0.5, 0.6) is 11.6 Å². The number of hydrogen-bond donors (Lipinski definition) is 0. The van der Waals surface area contributed by atoms with Gasteiger partial charge in [0.2, 0.25) is 5.88 Å². The second kappa shape index (κ2) is 8.75. The Bertz CT molecular complexity index is 702. The molecule has 6 heteroatoms. The van der Waals surface area contributed by atoms with E-state index in [9.17, 15) is 0 Å². The molecule has 0 aliphatic rings. The van der Waals surface area contributed by atoms with Crippen molar-refractivity contribution in [3.8, 4) is 11.6 Å². The summed E-state index contributed by atoms with van der Waals surface area (Å²) in [6.07, 6.45) is 2.94. The Morgan fingerprint density at radius 1 is 1.27 bits per heavy atom. The Morgan fingerprint density at radius 2 is 1.95 bits per heavy atom. The van der Waals surface area contributed by atoms with Crippen molar-refractivity contribution >= 4 is 28.1 Å². The SMILES string of the molecule is [CH-]=C/C(=C\[CH2-])c1nc(OC)c2ccc(OC)c(Cl)c2n1.[CH3-].[Li+]. The summed E-state index contributed by atoms with van der Waals surface area (Å²) in [5.41, 5.74) is 1.12. The van der Waals surface area contributed by atoms with Crippen molar-refractivity contribution in [2.75, 3.05) is 14.2 Å². The fourth-order valence-corrected chi connectivity index (χ4v) is 2.08. The molecule has 0 atom stereocenters. The zero-order valence-electron chi connectivity index (χ0n) is 13.2. The first-order chi connectivity index (χ1) is 9.65. The number of halogens is 1. The number of hydrogen-bond acceptors (Lipinski definition) is 4. The van der Waals surface area contributed by atoms with Crippen molar-refractivity contribution in [3.63, 3.8) is 0 Å². The third kappa shape index (κ3) is 3.59. The summed E-state index contributed by atoms with van der Waals surface area (Å²) < 4.78 is 10.5. The van der Waals surface area contributed by atoms with Gasteiger partial charge in [0, 0.05) is 0 Å². The van der Waals surface area contributed by atoms with Gasteiger partial charge in [-0.3, -0.25) is 6.58 Å². The van der Waals surface area contributed by atoms with Crippen LogP contribution in [0.25, 0.3) is 16.5 Å². The van der Waals surface area contributed by atoms with Crippen LogP contribution in [0.15, 0.2) is 24.3 Å². The zero-order valence-corrected chi connectivity index (χ0v) is 13.9. The van der Waals surface area contributed by atoms with Crippen LogP contribution in [0, 0.1) is 20.9 Å². The molecule has 0 radical (unpaired) electrons. The number of methoxy groups -OCH3 is 2. The number of fused-ring (bicyclic) bond motifs is 1. The molecule has 0 saturated heterocycles. The number of benzene rings is 1. The Morgan fingerprint density at radius 3 is 2.45 bits per heavy atom. The topological polar surface area (TPSA) is 44.2 Å². The molecule has 0 aliphatic carbocycles. The van der Waals surface area contributed by atoms with Crippen LogP contribution in [0.2, 0.25) is 5.02 Å². The van der Waals surface area contributed by atoms with E-state index in [0.717, 1.165) is 0 Å². The van der Waals surface area contributed by atoms with Crippen molar-refractivity contribution in [3.05, 3.63) is 56.1 Å². The summed E-state index contributed by atoms with van der Waals surface area (Å²) in [6.45, 7) is 9.21. The number of allylic oxidation sites excluding steroid dienone is 3. The first-order valence-electron chi connectivity index (χ1n) is 5.79. The average molecular weight is 311 g/mol. The van der Waals surface area contributed by atoms with Gasteiger partial charge in [-0.2, -0.15) is 0 Å². The van der Waals surface area contributed by atoms with Crippen LogP contribution in [0.4, 0.5) is 0 Å². The van der Waals surface area contributed by atoms with Crippen molar-refractivity contribution in [1.29, 1.82) is 0 Å². The summed E-state index contributed by atoms with van der Waals surface area (Å²) in [5, 5.41) is 1.09. The fraction of sp³-hybridized carbons (Fsp3) is 0.125. The third-order valence-electron chi connectivity index (χ3n) is 2.81. The minimum Gasteiger partial charge on any atom is -0.495 e. The first kappa shape index (κ1) is 20.4. The van der Waals surface area contributed by atoms with Gasteiger partial charge in [-0.05, 0) is 12.1 Å². The standard InChI is InChI=1S/C15H13ClN2O2.CH3.Li/c1-5-9(6-2)14-17-13-10(15(18-14)20-4)7-8-11(19-3)12(13)16;;/h1,5-8H,2H2,3-4H3;1H3;/q-2;-1;+1/b9-6+;;. The molecule has 22 heavy (non-hydrogen) atoms. The zero-order chi connectivity index (χ0) is 14.7. The van der Waals surface area contributed by atoms with Crippen molar-refractivity contribution in [1.82, 2.24) is 9.97 Å². The predicted molar refractivity (Wildman–Crippen MR) is 86.3 cm³/mol. The smallest absolute Gasteiger partial charge is 0.495 e. The molecular weight excluding hydrogens is 295 g/mol. The normalized spacial score (nSPS) is 10.4. The van der Waals surface area contributed by atoms with E-state index in [1.165, 1.54) is 13.2 Å². The van der Waals surface area contributed by atoms with Crippen LogP contribution in [-0.2, 0) is 0 Å². The van der Waals surface area contributed by atoms with E-state index in [1.54, 1.807) is 25.3 Å². The summed E-state index contributed by atoms with van der Waals surface area (Å²) >= 11 is 6.29. The Balaban J connectivity index is 0.00000220. The molecule has 2 aromatic rings. The number of aromatic nitrogens is 2. The van der Waals surface area contributed by atoms with Crippen molar-refractivity contribution in [2.45, 2.75) is 0 Å². The van der Waals surface area contributed by atoms with Gasteiger partial charge in [-0.15, -0.1) is 5.57 Å². The molecule has 0 unspecified atom stereocenters. The van der Waals surface area contributed by atoms with Gasteiger partial charge in [0.25, 0.3) is 0 Å². The van der Waals surface area contributed by atoms with Gasteiger partial charge in [0.1, 0.15) is 10.8 Å². The van der Waals surface area contributed by atoms with Gasteiger partial charge in [-0.1, -0.05) is 11.6 Å². The van der Waals surface area contributed by atoms with Gasteiger partial charge in [0.15, 0.2) is 0 Å². The molecule has 1 aromatic carbocycles. The average Bonchev–Trinajstić information content (AvgIpc) is 2.48. The molecule has 0 bridgehead atoms. The van der Waals surface area contributed by atoms with Gasteiger partial charge < -0.3 is 16.9 Å². The van der Waals surface area contributed by atoms with Gasteiger partial charge in [0.05, 0.1) is 30.9 Å². The van der Waals surface area contributed by atoms with Gasteiger partial charge >= 0.3 is 18.9 Å². The molecule has 2 rings (SSSR count). The second-order valence-corrected chi connectivity index (χ2v) is 4.24. The Kier molecular flexibility index (Phi) is 8.11. The molecule has 0 N–H and O–H groups in total. The van der Waals surface area contributed by atoms with Crippen LogP contribution < -0.4 is 28.3 Å². The molecule has 0 aliphatic heterocycles. The van der Waals surface area contributed by atoms with E-state index < -0.39 is 0 Å². The number of rotatable bonds is 4. The summed E-state index contributed by atoms with van der Waals surface area (Å²) in [7, 11) is 3.07. The first-order valence-corrected chi connectivity index (χ1v) is 6.17. The minimum atomic E-state index is 0. The summed E-state index contributed by atoms with van der Waals surface area (Å²) in [5.74, 6) is 1.33. The predicted octanol–water partition coefficient (Wildman–Crippen LogP) is 0.961. The third-order valence-corrected chi connectivity index (χ3v) is 3.17. The Hall–Kier alpha value is -1.60. The van der Waals surface area contributed by atoms with E-state index in [-0.39, 0.29) is 26.3 Å². The molecule has 1 aromatic heterocycles. The monoisotopic (exact) mass is 310 g/mol. The van der Waals surface area contributed by atoms with Crippen LogP contribution in [-0.4, -0.2) is 24.2 Å². The summed E-state index contributed by atoms with van der Waals surface area (Å²) in [6, 6.07) is 3.53. The maximum Gasteiger partial charge on any atom is 1.00 e. The van der Waals surface area contributed by atoms with Crippen molar-refractivity contribution < 1.29 is 28.3 Å². The van der Waals surface area contributed by atoms with E-state index in [4.69, 9.17) is 27.7 Å². The fourth-order valence-electron chi connectivity index (χ4n) is 1.79. The molecule has 0 saturated carbocycles. The molecule has 0 spiro atoms. The molecule has 4 nitrogen and oxygen atoms in total. The maximum absolute atomic E-state index is 6.29. The van der Waals surface area contributed by atoms with E-state index >= 15 is 0 Å². The number of nitrogens with zero attached hydrogens (tertiary/aromatic N) is 2. The quantitative estimate of drug-likeness (QED) is 0.479. The summed E-state index contributed by atoms with van der Waals surface area (Å²) in [4.78, 5) is 8.72. The maximum atomic E-state index is 6.29. The Labute approximate surface area is 148 Å². The molecule has 0 fully saturated rings. The largest absolute Gasteiger partial charge is 1.00 e. The molecular formula is C16H16ClLiN2O2-2. The minimum absolute atomic E-state index is 0. The number of ether oxygens (including phenoxy) is 2. The molecule has 112 valence electrons. The second-order valence-electron chi connectivity index (χ2n) is 3.86. The van der Waals surface area contributed by atoms with Crippen LogP contribution in [0.3, 0.4) is 0 Å². The molecule has 1 heterocycles. The van der Waals surface area contributed by atoms with E-state index in [0.29, 0.717) is 39.0 Å². The van der Waals surface area contributed by atoms with E-state index in [2.05, 4.69) is 16.9 Å². The van der Waals surface area contributed by atoms with Gasteiger partial charge in [-0.25, -0.2) is 29.0 Å². The van der Waals surface area contributed by atoms with Crippen molar-refractivity contribution in [2.24, 2.45) is 0 Å². The van der Waals surface area contributed by atoms with Crippen LogP contribution in [0.1, 0.15) is 5.82 Å². The van der Waals surface area contributed by atoms with E-state index in [1.807, 2.05) is 0 Å².